The number of fused-ring (bicyclic) bond motifs is 2. The molecule has 2 aliphatic heterocycles. The molecule has 1 fully saturated rings. The number of aromatic nitrogens is 2. The Balaban J connectivity index is 1.58. The van der Waals surface area contributed by atoms with Gasteiger partial charge in [-0.1, -0.05) is 0 Å². The monoisotopic (exact) mass is 446 g/mol. The Bertz CT molecular complexity index is 1180. The molecule has 3 N–H and O–H groups in total. The molecule has 0 spiro atoms. The maximum atomic E-state index is 12.9. The summed E-state index contributed by atoms with van der Waals surface area (Å²) in [5.74, 6) is -0.615. The number of amides is 1. The average molecular weight is 446 g/mol. The van der Waals surface area contributed by atoms with E-state index in [0.717, 1.165) is 17.8 Å². The third kappa shape index (κ3) is 3.82. The summed E-state index contributed by atoms with van der Waals surface area (Å²) in [6.45, 7) is 1.02. The summed E-state index contributed by atoms with van der Waals surface area (Å²) in [5.41, 5.74) is 2.22. The van der Waals surface area contributed by atoms with Crippen LogP contribution in [0.1, 0.15) is 16.8 Å². The van der Waals surface area contributed by atoms with E-state index in [1.54, 1.807) is 24.4 Å². The number of β-amino-alcohol motifs (C(OH)–C–C–N with tert-alkyl or cyclic N) is 1. The number of aliphatic hydroxyl groups is 1. The number of anilines is 2. The lowest BCUT2D eigenvalue weighted by Crippen LogP contribution is -2.22. The van der Waals surface area contributed by atoms with Crippen LogP contribution in [0, 0.1) is 0 Å². The Kier molecular flexibility index (Phi) is 4.70. The van der Waals surface area contributed by atoms with Crippen molar-refractivity contribution in [1.82, 2.24) is 10.2 Å². The molecule has 0 unspecified atom stereocenters. The fourth-order valence-electron chi connectivity index (χ4n) is 3.87. The molecule has 0 aliphatic carbocycles. The molecule has 1 saturated heterocycles. The molecule has 1 aromatic heterocycles. The minimum Gasteiger partial charge on any atom is -0.454 e. The van der Waals surface area contributed by atoms with Gasteiger partial charge in [0.25, 0.3) is 5.91 Å². The molecule has 5 rings (SSSR count). The van der Waals surface area contributed by atoms with Crippen molar-refractivity contribution in [2.75, 3.05) is 23.3 Å². The third-order valence-electron chi connectivity index (χ3n) is 5.28. The lowest BCUT2D eigenvalue weighted by molar-refractivity contribution is -0.274. The highest BCUT2D eigenvalue weighted by molar-refractivity contribution is 6.09. The van der Waals surface area contributed by atoms with E-state index in [4.69, 9.17) is 4.74 Å². The summed E-state index contributed by atoms with van der Waals surface area (Å²) in [6.07, 6.45) is -3.08. The minimum absolute atomic E-state index is 0.0485. The number of ether oxygens (including phenoxy) is 2. The zero-order chi connectivity index (χ0) is 22.5. The number of rotatable bonds is 3. The largest absolute Gasteiger partial charge is 0.573 e. The Hall–Kier alpha value is -3.73. The number of H-pyrrole nitrogens is 1. The van der Waals surface area contributed by atoms with Crippen molar-refractivity contribution in [3.8, 4) is 28.5 Å². The lowest BCUT2D eigenvalue weighted by Gasteiger charge is -2.22. The molecule has 2 aromatic carbocycles. The van der Waals surface area contributed by atoms with Gasteiger partial charge in [0.05, 0.1) is 28.7 Å². The third-order valence-corrected chi connectivity index (χ3v) is 5.28. The van der Waals surface area contributed by atoms with Crippen molar-refractivity contribution in [1.29, 1.82) is 0 Å². The molecular formula is C21H17F3N4O4. The molecule has 32 heavy (non-hydrogen) atoms. The Morgan fingerprint density at radius 3 is 2.69 bits per heavy atom. The highest BCUT2D eigenvalue weighted by atomic mass is 19.4. The smallest absolute Gasteiger partial charge is 0.454 e. The molecule has 1 atom stereocenters. The molecule has 8 nitrogen and oxygen atoms in total. The number of alkyl halides is 3. The molecule has 166 valence electrons. The van der Waals surface area contributed by atoms with Gasteiger partial charge in [-0.3, -0.25) is 9.89 Å². The SMILES string of the molecule is O=C1Nc2cc(OC(F)(F)F)ccc2Oc2cc(N3CC[C@H](O)C3)c(-c3cc[nH]n3)cc21. The van der Waals surface area contributed by atoms with E-state index in [0.29, 0.717) is 30.8 Å². The van der Waals surface area contributed by atoms with E-state index in [2.05, 4.69) is 20.3 Å². The number of aliphatic hydroxyl groups excluding tert-OH is 1. The number of nitrogens with one attached hydrogen (secondary N) is 2. The topological polar surface area (TPSA) is 99.7 Å². The zero-order valence-corrected chi connectivity index (χ0v) is 16.4. The molecule has 0 saturated carbocycles. The van der Waals surface area contributed by atoms with Gasteiger partial charge in [0.15, 0.2) is 5.75 Å². The molecular weight excluding hydrogens is 429 g/mol. The van der Waals surface area contributed by atoms with E-state index < -0.39 is 24.1 Å². The van der Waals surface area contributed by atoms with Gasteiger partial charge in [0.1, 0.15) is 11.5 Å². The first-order valence-electron chi connectivity index (χ1n) is 9.77. The standard InChI is InChI=1S/C21H17F3N4O4/c22-21(23,24)32-12-1-2-18-16(7-12)26-20(30)14-8-13(15-3-5-25-27-15)17(9-19(14)31-18)28-6-4-11(29)10-28/h1-3,5,7-9,11,29H,4,6,10H2,(H,25,27)(H,26,30)/t11-/m0/s1. The van der Waals surface area contributed by atoms with Gasteiger partial charge in [-0.25, -0.2) is 0 Å². The van der Waals surface area contributed by atoms with Gasteiger partial charge in [-0.15, -0.1) is 13.2 Å². The van der Waals surface area contributed by atoms with Crippen LogP contribution in [-0.2, 0) is 0 Å². The Morgan fingerprint density at radius 1 is 1.16 bits per heavy atom. The van der Waals surface area contributed by atoms with Gasteiger partial charge in [0.2, 0.25) is 0 Å². The van der Waals surface area contributed by atoms with Crippen molar-refractivity contribution >= 4 is 17.3 Å². The number of carbonyl (C=O) groups is 1. The quantitative estimate of drug-likeness (QED) is 0.564. The van der Waals surface area contributed by atoms with Crippen LogP contribution in [0.15, 0.2) is 42.6 Å². The Labute approximate surface area is 179 Å². The number of benzene rings is 2. The maximum Gasteiger partial charge on any atom is 0.573 e. The van der Waals surface area contributed by atoms with Crippen molar-refractivity contribution < 1.29 is 32.5 Å². The molecule has 0 bridgehead atoms. The van der Waals surface area contributed by atoms with Crippen LogP contribution in [-0.4, -0.2) is 46.8 Å². The second kappa shape index (κ2) is 7.45. The van der Waals surface area contributed by atoms with Crippen LogP contribution in [0.5, 0.6) is 17.2 Å². The number of hydrogen-bond acceptors (Lipinski definition) is 6. The summed E-state index contributed by atoms with van der Waals surface area (Å²) in [7, 11) is 0. The predicted molar refractivity (Wildman–Crippen MR) is 108 cm³/mol. The molecule has 0 radical (unpaired) electrons. The second-order valence-corrected chi connectivity index (χ2v) is 7.48. The molecule has 3 aromatic rings. The fraction of sp³-hybridized carbons (Fsp3) is 0.238. The van der Waals surface area contributed by atoms with Crippen LogP contribution in [0.3, 0.4) is 0 Å². The number of carbonyl (C=O) groups excluding carboxylic acids is 1. The van der Waals surface area contributed by atoms with Gasteiger partial charge in [-0.05, 0) is 30.7 Å². The molecule has 1 amide bonds. The molecule has 11 heteroatoms. The van der Waals surface area contributed by atoms with E-state index in [9.17, 15) is 23.1 Å². The van der Waals surface area contributed by atoms with Crippen LogP contribution < -0.4 is 19.7 Å². The van der Waals surface area contributed by atoms with Gasteiger partial charge in [-0.2, -0.15) is 5.10 Å². The summed E-state index contributed by atoms with van der Waals surface area (Å²) >= 11 is 0. The summed E-state index contributed by atoms with van der Waals surface area (Å²) in [5, 5.41) is 19.5. The van der Waals surface area contributed by atoms with E-state index in [-0.39, 0.29) is 22.7 Å². The number of aromatic amines is 1. The van der Waals surface area contributed by atoms with Gasteiger partial charge >= 0.3 is 6.36 Å². The number of hydrogen-bond donors (Lipinski definition) is 3. The maximum absolute atomic E-state index is 12.9. The minimum atomic E-state index is -4.86. The second-order valence-electron chi connectivity index (χ2n) is 7.48. The number of halogens is 3. The van der Waals surface area contributed by atoms with Crippen molar-refractivity contribution in [2.45, 2.75) is 18.9 Å². The first kappa shape index (κ1) is 20.2. The van der Waals surface area contributed by atoms with Gasteiger partial charge < -0.3 is 24.8 Å². The van der Waals surface area contributed by atoms with Crippen LogP contribution >= 0.6 is 0 Å². The summed E-state index contributed by atoms with van der Waals surface area (Å²) in [4.78, 5) is 14.9. The number of nitrogens with zero attached hydrogens (tertiary/aromatic N) is 2. The van der Waals surface area contributed by atoms with Crippen molar-refractivity contribution in [3.05, 3.63) is 48.2 Å². The zero-order valence-electron chi connectivity index (χ0n) is 16.4. The highest BCUT2D eigenvalue weighted by Crippen LogP contribution is 2.43. The predicted octanol–water partition coefficient (Wildman–Crippen LogP) is 3.90. The van der Waals surface area contributed by atoms with Crippen molar-refractivity contribution in [2.24, 2.45) is 0 Å². The van der Waals surface area contributed by atoms with E-state index in [1.165, 1.54) is 6.07 Å². The van der Waals surface area contributed by atoms with Crippen LogP contribution in [0.2, 0.25) is 0 Å². The van der Waals surface area contributed by atoms with Gasteiger partial charge in [0, 0.05) is 37.0 Å². The average Bonchev–Trinajstić information content (AvgIpc) is 3.38. The van der Waals surface area contributed by atoms with Crippen molar-refractivity contribution in [3.63, 3.8) is 0 Å². The normalized spacial score (nSPS) is 17.8. The highest BCUT2D eigenvalue weighted by Gasteiger charge is 2.32. The summed E-state index contributed by atoms with van der Waals surface area (Å²) in [6, 6.07) is 8.53. The fourth-order valence-corrected chi connectivity index (χ4v) is 3.87. The Morgan fingerprint density at radius 2 is 2.00 bits per heavy atom. The van der Waals surface area contributed by atoms with Crippen LogP contribution in [0.4, 0.5) is 24.5 Å². The van der Waals surface area contributed by atoms with E-state index >= 15 is 0 Å². The molecule has 2 aliphatic rings. The lowest BCUT2D eigenvalue weighted by atomic mass is 10.0. The summed E-state index contributed by atoms with van der Waals surface area (Å²) < 4.78 is 47.6. The first-order valence-corrected chi connectivity index (χ1v) is 9.77. The van der Waals surface area contributed by atoms with E-state index in [1.807, 2.05) is 4.90 Å². The first-order chi connectivity index (χ1) is 15.3. The van der Waals surface area contributed by atoms with Crippen LogP contribution in [0.25, 0.3) is 11.3 Å². The molecule has 3 heterocycles.